The molecular formula is C17H23N5O3. The van der Waals surface area contributed by atoms with E-state index in [1.165, 1.54) is 11.2 Å². The molecule has 1 amide bonds. The molecule has 3 rings (SSSR count). The van der Waals surface area contributed by atoms with E-state index in [0.29, 0.717) is 31.7 Å². The number of aryl methyl sites for hydroxylation is 2. The average Bonchev–Trinajstić information content (AvgIpc) is 3.21. The molecule has 0 unspecified atom stereocenters. The Morgan fingerprint density at radius 1 is 1.44 bits per heavy atom. The van der Waals surface area contributed by atoms with Crippen LogP contribution in [0.15, 0.2) is 23.0 Å². The van der Waals surface area contributed by atoms with Gasteiger partial charge in [-0.2, -0.15) is 0 Å². The van der Waals surface area contributed by atoms with E-state index in [0.717, 1.165) is 11.5 Å². The second-order valence-corrected chi connectivity index (χ2v) is 6.61. The smallest absolute Gasteiger partial charge is 0.275 e. The van der Waals surface area contributed by atoms with Crippen molar-refractivity contribution < 1.29 is 14.4 Å². The third-order valence-corrected chi connectivity index (χ3v) is 4.45. The zero-order chi connectivity index (χ0) is 18.0. The Kier molecular flexibility index (Phi) is 4.71. The second kappa shape index (κ2) is 6.79. The molecule has 134 valence electrons. The van der Waals surface area contributed by atoms with Crippen molar-refractivity contribution in [3.63, 3.8) is 0 Å². The predicted molar refractivity (Wildman–Crippen MR) is 91.4 cm³/mol. The number of hydrogen-bond donors (Lipinski definition) is 1. The van der Waals surface area contributed by atoms with Crippen LogP contribution in [-0.2, 0) is 6.42 Å². The van der Waals surface area contributed by atoms with Crippen LogP contribution in [0.25, 0.3) is 0 Å². The monoisotopic (exact) mass is 345 g/mol. The van der Waals surface area contributed by atoms with Crippen LogP contribution < -0.4 is 4.90 Å². The molecule has 1 aliphatic heterocycles. The van der Waals surface area contributed by atoms with Crippen molar-refractivity contribution in [2.24, 2.45) is 0 Å². The van der Waals surface area contributed by atoms with Crippen molar-refractivity contribution in [3.05, 3.63) is 35.6 Å². The van der Waals surface area contributed by atoms with Gasteiger partial charge in [-0.15, -0.1) is 0 Å². The molecule has 8 nitrogen and oxygen atoms in total. The van der Waals surface area contributed by atoms with Crippen LogP contribution in [0.3, 0.4) is 0 Å². The first-order valence-corrected chi connectivity index (χ1v) is 8.37. The lowest BCUT2D eigenvalue weighted by atomic mass is 10.0. The molecule has 1 saturated heterocycles. The normalized spacial score (nSPS) is 20.1. The SMILES string of the molecule is CCc1cc(C(=O)N(C)C[C@@]2(O)CCN(c3cc(C)ncn3)C2)no1. The Labute approximate surface area is 146 Å². The van der Waals surface area contributed by atoms with E-state index in [9.17, 15) is 9.90 Å². The minimum absolute atomic E-state index is 0.223. The molecule has 8 heteroatoms. The lowest BCUT2D eigenvalue weighted by molar-refractivity contribution is 0.0260. The summed E-state index contributed by atoms with van der Waals surface area (Å²) in [6.07, 6.45) is 2.77. The summed E-state index contributed by atoms with van der Waals surface area (Å²) in [6, 6.07) is 3.54. The van der Waals surface area contributed by atoms with Gasteiger partial charge >= 0.3 is 0 Å². The maximum absolute atomic E-state index is 12.5. The number of anilines is 1. The van der Waals surface area contributed by atoms with Gasteiger partial charge in [0.2, 0.25) is 0 Å². The third-order valence-electron chi connectivity index (χ3n) is 4.45. The number of aliphatic hydroxyl groups is 1. The Bertz CT molecular complexity index is 762. The van der Waals surface area contributed by atoms with Gasteiger partial charge in [-0.3, -0.25) is 4.79 Å². The molecule has 1 aliphatic rings. The highest BCUT2D eigenvalue weighted by atomic mass is 16.5. The van der Waals surface area contributed by atoms with E-state index < -0.39 is 5.60 Å². The minimum atomic E-state index is -0.986. The van der Waals surface area contributed by atoms with Gasteiger partial charge in [-0.25, -0.2) is 9.97 Å². The molecule has 1 fully saturated rings. The van der Waals surface area contributed by atoms with Crippen LogP contribution in [0.2, 0.25) is 0 Å². The average molecular weight is 345 g/mol. The minimum Gasteiger partial charge on any atom is -0.386 e. The number of amides is 1. The summed E-state index contributed by atoms with van der Waals surface area (Å²) in [7, 11) is 1.66. The van der Waals surface area contributed by atoms with Gasteiger partial charge in [0, 0.05) is 44.4 Å². The van der Waals surface area contributed by atoms with Crippen molar-refractivity contribution in [1.29, 1.82) is 0 Å². The molecule has 0 aliphatic carbocycles. The summed E-state index contributed by atoms with van der Waals surface area (Å²) in [5.41, 5.74) is 0.162. The molecule has 0 saturated carbocycles. The van der Waals surface area contributed by atoms with E-state index in [1.54, 1.807) is 13.1 Å². The van der Waals surface area contributed by atoms with Crippen molar-refractivity contribution in [2.45, 2.75) is 32.3 Å². The Hall–Kier alpha value is -2.48. The van der Waals surface area contributed by atoms with Crippen molar-refractivity contribution >= 4 is 11.7 Å². The highest BCUT2D eigenvalue weighted by Gasteiger charge is 2.39. The number of β-amino-alcohol motifs (C(OH)–C–C–N with tert-alkyl or cyclic N) is 1. The molecule has 2 aromatic rings. The van der Waals surface area contributed by atoms with E-state index in [4.69, 9.17) is 4.52 Å². The van der Waals surface area contributed by atoms with Gasteiger partial charge in [-0.1, -0.05) is 12.1 Å². The van der Waals surface area contributed by atoms with Gasteiger partial charge in [0.1, 0.15) is 23.5 Å². The highest BCUT2D eigenvalue weighted by Crippen LogP contribution is 2.26. The summed E-state index contributed by atoms with van der Waals surface area (Å²) in [4.78, 5) is 24.3. The lowest BCUT2D eigenvalue weighted by Gasteiger charge is -2.28. The topological polar surface area (TPSA) is 95.6 Å². The number of rotatable bonds is 5. The summed E-state index contributed by atoms with van der Waals surface area (Å²) in [5, 5.41) is 14.7. The molecule has 0 aromatic carbocycles. The first-order chi connectivity index (χ1) is 11.9. The second-order valence-electron chi connectivity index (χ2n) is 6.61. The van der Waals surface area contributed by atoms with Crippen LogP contribution >= 0.6 is 0 Å². The molecule has 25 heavy (non-hydrogen) atoms. The predicted octanol–water partition coefficient (Wildman–Crippen LogP) is 1.05. The van der Waals surface area contributed by atoms with Crippen LogP contribution in [0, 0.1) is 6.92 Å². The number of carbonyl (C=O) groups excluding carboxylic acids is 1. The van der Waals surface area contributed by atoms with Gasteiger partial charge in [0.15, 0.2) is 5.69 Å². The molecular weight excluding hydrogens is 322 g/mol. The maximum atomic E-state index is 12.5. The van der Waals surface area contributed by atoms with Crippen LogP contribution in [0.5, 0.6) is 0 Å². The van der Waals surface area contributed by atoms with E-state index in [2.05, 4.69) is 15.1 Å². The Balaban J connectivity index is 1.64. The maximum Gasteiger partial charge on any atom is 0.275 e. The van der Waals surface area contributed by atoms with Crippen LogP contribution in [0.4, 0.5) is 5.82 Å². The fourth-order valence-corrected chi connectivity index (χ4v) is 3.08. The number of hydrogen-bond acceptors (Lipinski definition) is 7. The summed E-state index contributed by atoms with van der Waals surface area (Å²) >= 11 is 0. The largest absolute Gasteiger partial charge is 0.386 e. The summed E-state index contributed by atoms with van der Waals surface area (Å²) in [6.45, 7) is 5.16. The zero-order valence-corrected chi connectivity index (χ0v) is 14.8. The van der Waals surface area contributed by atoms with Gasteiger partial charge in [0.05, 0.1) is 6.54 Å². The van der Waals surface area contributed by atoms with Gasteiger partial charge in [0.25, 0.3) is 5.91 Å². The number of carbonyl (C=O) groups is 1. The molecule has 0 radical (unpaired) electrons. The standard InChI is InChI=1S/C17H23N5O3/c1-4-13-8-14(20-25-13)16(23)21(3)9-17(24)5-6-22(10-17)15-7-12(2)18-11-19-15/h7-8,11,24H,4-6,9-10H2,1-3H3/t17-/m0/s1. The van der Waals surface area contributed by atoms with E-state index in [-0.39, 0.29) is 18.1 Å². The molecule has 0 bridgehead atoms. The quantitative estimate of drug-likeness (QED) is 0.865. The van der Waals surface area contributed by atoms with Crippen LogP contribution in [-0.4, -0.2) is 63.3 Å². The van der Waals surface area contributed by atoms with Gasteiger partial charge < -0.3 is 19.4 Å². The molecule has 2 aromatic heterocycles. The first kappa shape index (κ1) is 17.3. The van der Waals surface area contributed by atoms with Crippen molar-refractivity contribution in [1.82, 2.24) is 20.0 Å². The zero-order valence-electron chi connectivity index (χ0n) is 14.8. The van der Waals surface area contributed by atoms with Crippen molar-refractivity contribution in [2.75, 3.05) is 31.6 Å². The van der Waals surface area contributed by atoms with E-state index in [1.807, 2.05) is 24.8 Å². The summed E-state index contributed by atoms with van der Waals surface area (Å²) in [5.74, 6) is 1.20. The first-order valence-electron chi connectivity index (χ1n) is 8.37. The van der Waals surface area contributed by atoms with E-state index >= 15 is 0 Å². The number of likely N-dealkylation sites (N-methyl/N-ethyl adjacent to an activating group) is 1. The fourth-order valence-electron chi connectivity index (χ4n) is 3.08. The Morgan fingerprint density at radius 3 is 2.92 bits per heavy atom. The van der Waals surface area contributed by atoms with Crippen molar-refractivity contribution in [3.8, 4) is 0 Å². The highest BCUT2D eigenvalue weighted by molar-refractivity contribution is 5.92. The van der Waals surface area contributed by atoms with Gasteiger partial charge in [-0.05, 0) is 13.3 Å². The molecule has 1 atom stereocenters. The molecule has 1 N–H and O–H groups in total. The summed E-state index contributed by atoms with van der Waals surface area (Å²) < 4.78 is 5.08. The van der Waals surface area contributed by atoms with Crippen LogP contribution in [0.1, 0.15) is 35.3 Å². The lowest BCUT2D eigenvalue weighted by Crippen LogP contribution is -2.46. The molecule has 0 spiro atoms. The fraction of sp³-hybridized carbons (Fsp3) is 0.529. The third kappa shape index (κ3) is 3.79. The number of nitrogens with zero attached hydrogens (tertiary/aromatic N) is 5. The number of aromatic nitrogens is 3. The Morgan fingerprint density at radius 2 is 2.24 bits per heavy atom. The molecule has 3 heterocycles.